The highest BCUT2D eigenvalue weighted by Crippen LogP contribution is 2.32. The lowest BCUT2D eigenvalue weighted by Crippen LogP contribution is -2.59. The van der Waals surface area contributed by atoms with E-state index in [1.165, 1.54) is 0 Å². The number of amides is 1. The fourth-order valence-electron chi connectivity index (χ4n) is 2.61. The summed E-state index contributed by atoms with van der Waals surface area (Å²) in [6.07, 6.45) is 6.40. The summed E-state index contributed by atoms with van der Waals surface area (Å²) in [7, 11) is 1.80. The van der Waals surface area contributed by atoms with Crippen LogP contribution in [-0.4, -0.2) is 32.0 Å². The third-order valence-corrected chi connectivity index (χ3v) is 4.02. The van der Waals surface area contributed by atoms with Gasteiger partial charge in [-0.15, -0.1) is 0 Å². The Kier molecular flexibility index (Phi) is 3.96. The second-order valence-electron chi connectivity index (χ2n) is 5.63. The van der Waals surface area contributed by atoms with Crippen LogP contribution in [0.4, 0.5) is 0 Å². The molecule has 0 radical (unpaired) electrons. The highest BCUT2D eigenvalue weighted by atomic mass is 16.4. The summed E-state index contributed by atoms with van der Waals surface area (Å²) in [6, 6.07) is 0. The second-order valence-corrected chi connectivity index (χ2v) is 5.63. The van der Waals surface area contributed by atoms with Crippen molar-refractivity contribution in [2.24, 2.45) is 23.9 Å². The molecule has 0 aliphatic heterocycles. The van der Waals surface area contributed by atoms with E-state index in [0.29, 0.717) is 24.5 Å². The Labute approximate surface area is 117 Å². The number of amidine groups is 1. The molecule has 1 aromatic rings. The molecule has 7 nitrogen and oxygen atoms in total. The van der Waals surface area contributed by atoms with Gasteiger partial charge in [-0.3, -0.25) is 4.79 Å². The number of nitrogens with two attached hydrogens (primary N) is 1. The standard InChI is InChI=1S/C13H21N5O2/c1-9-3-5-13(6-4-9,12(14)17-20)16-11(19)10-7-18(2)8-15-10/h7-9,20H,3-6H2,1-2H3,(H2,14,17)(H,16,19). The van der Waals surface area contributed by atoms with Gasteiger partial charge in [-0.25, -0.2) is 4.98 Å². The zero-order valence-electron chi connectivity index (χ0n) is 11.8. The van der Waals surface area contributed by atoms with Crippen molar-refractivity contribution in [3.05, 3.63) is 18.2 Å². The van der Waals surface area contributed by atoms with Crippen molar-refractivity contribution in [3.63, 3.8) is 0 Å². The molecule has 0 unspecified atom stereocenters. The van der Waals surface area contributed by atoms with Crippen molar-refractivity contribution in [2.45, 2.75) is 38.1 Å². The first-order valence-electron chi connectivity index (χ1n) is 6.75. The van der Waals surface area contributed by atoms with Crippen LogP contribution in [0, 0.1) is 5.92 Å². The van der Waals surface area contributed by atoms with Crippen LogP contribution in [0.3, 0.4) is 0 Å². The van der Waals surface area contributed by atoms with Gasteiger partial charge >= 0.3 is 0 Å². The zero-order valence-corrected chi connectivity index (χ0v) is 11.8. The number of aromatic nitrogens is 2. The molecule has 1 amide bonds. The molecular formula is C13H21N5O2. The summed E-state index contributed by atoms with van der Waals surface area (Å²) in [5, 5.41) is 15.0. The number of carbonyl (C=O) groups is 1. The summed E-state index contributed by atoms with van der Waals surface area (Å²) < 4.78 is 1.70. The smallest absolute Gasteiger partial charge is 0.272 e. The molecular weight excluding hydrogens is 258 g/mol. The zero-order chi connectivity index (χ0) is 14.8. The fraction of sp³-hybridized carbons (Fsp3) is 0.615. The normalized spacial score (nSPS) is 27.3. The molecule has 2 rings (SSSR count). The third-order valence-electron chi connectivity index (χ3n) is 4.02. The number of hydrogen-bond acceptors (Lipinski definition) is 4. The summed E-state index contributed by atoms with van der Waals surface area (Å²) in [6.45, 7) is 2.16. The number of imidazole rings is 1. The highest BCUT2D eigenvalue weighted by molar-refractivity contribution is 5.99. The number of carbonyl (C=O) groups excluding carboxylic acids is 1. The SMILES string of the molecule is CC1CCC(NC(=O)c2cn(C)cn2)(C(N)=NO)CC1. The van der Waals surface area contributed by atoms with Gasteiger partial charge in [0.1, 0.15) is 11.2 Å². The number of rotatable bonds is 3. The van der Waals surface area contributed by atoms with Gasteiger partial charge in [0, 0.05) is 13.2 Å². The van der Waals surface area contributed by atoms with Crippen molar-refractivity contribution in [1.29, 1.82) is 0 Å². The van der Waals surface area contributed by atoms with E-state index in [1.54, 1.807) is 24.1 Å². The molecule has 0 saturated heterocycles. The largest absolute Gasteiger partial charge is 0.409 e. The average molecular weight is 279 g/mol. The number of oxime groups is 1. The van der Waals surface area contributed by atoms with Crippen LogP contribution in [0.2, 0.25) is 0 Å². The quantitative estimate of drug-likeness (QED) is 0.330. The van der Waals surface area contributed by atoms with Crippen molar-refractivity contribution in [1.82, 2.24) is 14.9 Å². The molecule has 20 heavy (non-hydrogen) atoms. The van der Waals surface area contributed by atoms with E-state index in [4.69, 9.17) is 10.9 Å². The minimum absolute atomic E-state index is 0.0636. The lowest BCUT2D eigenvalue weighted by Gasteiger charge is -2.38. The number of aryl methyl sites for hydroxylation is 1. The number of nitrogens with one attached hydrogen (secondary N) is 1. The molecule has 1 saturated carbocycles. The molecule has 1 aliphatic carbocycles. The Morgan fingerprint density at radius 1 is 1.60 bits per heavy atom. The maximum atomic E-state index is 12.3. The topological polar surface area (TPSA) is 106 Å². The first kappa shape index (κ1) is 14.4. The van der Waals surface area contributed by atoms with E-state index in [0.717, 1.165) is 12.8 Å². The number of nitrogens with zero attached hydrogens (tertiary/aromatic N) is 3. The molecule has 1 fully saturated rings. The highest BCUT2D eigenvalue weighted by Gasteiger charge is 2.40. The molecule has 1 heterocycles. The Bertz CT molecular complexity index is 515. The fourth-order valence-corrected chi connectivity index (χ4v) is 2.61. The molecule has 110 valence electrons. The van der Waals surface area contributed by atoms with E-state index in [-0.39, 0.29) is 11.7 Å². The van der Waals surface area contributed by atoms with Gasteiger partial charge in [0.05, 0.1) is 6.33 Å². The molecule has 0 spiro atoms. The summed E-state index contributed by atoms with van der Waals surface area (Å²) in [5.74, 6) is 0.349. The van der Waals surface area contributed by atoms with Crippen LogP contribution in [0.5, 0.6) is 0 Å². The van der Waals surface area contributed by atoms with Gasteiger partial charge in [0.25, 0.3) is 5.91 Å². The van der Waals surface area contributed by atoms with E-state index >= 15 is 0 Å². The van der Waals surface area contributed by atoms with Crippen molar-refractivity contribution < 1.29 is 10.0 Å². The van der Waals surface area contributed by atoms with Gasteiger partial charge in [0.15, 0.2) is 5.84 Å². The van der Waals surface area contributed by atoms with Gasteiger partial charge in [-0.1, -0.05) is 12.1 Å². The van der Waals surface area contributed by atoms with Crippen molar-refractivity contribution in [3.8, 4) is 0 Å². The molecule has 0 aromatic carbocycles. The lowest BCUT2D eigenvalue weighted by atomic mass is 9.76. The van der Waals surface area contributed by atoms with E-state index in [1.807, 2.05) is 0 Å². The van der Waals surface area contributed by atoms with Gasteiger partial charge in [-0.05, 0) is 31.6 Å². The Balaban J connectivity index is 2.18. The van der Waals surface area contributed by atoms with Crippen molar-refractivity contribution in [2.75, 3.05) is 0 Å². The minimum atomic E-state index is -0.768. The summed E-state index contributed by atoms with van der Waals surface area (Å²) >= 11 is 0. The maximum Gasteiger partial charge on any atom is 0.272 e. The van der Waals surface area contributed by atoms with Crippen molar-refractivity contribution >= 4 is 11.7 Å². The van der Waals surface area contributed by atoms with E-state index < -0.39 is 5.54 Å². The van der Waals surface area contributed by atoms with Crippen LogP contribution in [0.1, 0.15) is 43.1 Å². The van der Waals surface area contributed by atoms with E-state index in [2.05, 4.69) is 22.4 Å². The molecule has 1 aromatic heterocycles. The lowest BCUT2D eigenvalue weighted by molar-refractivity contribution is 0.0892. The summed E-state index contributed by atoms with van der Waals surface area (Å²) in [4.78, 5) is 16.3. The van der Waals surface area contributed by atoms with Crippen LogP contribution >= 0.6 is 0 Å². The average Bonchev–Trinajstić information content (AvgIpc) is 2.87. The monoisotopic (exact) mass is 279 g/mol. The molecule has 0 bridgehead atoms. The van der Waals surface area contributed by atoms with Crippen LogP contribution in [0.15, 0.2) is 17.7 Å². The van der Waals surface area contributed by atoms with Gasteiger partial charge in [0.2, 0.25) is 0 Å². The Morgan fingerprint density at radius 3 is 2.75 bits per heavy atom. The van der Waals surface area contributed by atoms with Crippen LogP contribution < -0.4 is 11.1 Å². The number of hydrogen-bond donors (Lipinski definition) is 3. The van der Waals surface area contributed by atoms with E-state index in [9.17, 15) is 4.79 Å². The van der Waals surface area contributed by atoms with Crippen LogP contribution in [0.25, 0.3) is 0 Å². The molecule has 1 aliphatic rings. The summed E-state index contributed by atoms with van der Waals surface area (Å²) in [5.41, 5.74) is 5.38. The van der Waals surface area contributed by atoms with Gasteiger partial charge in [-0.2, -0.15) is 0 Å². The third kappa shape index (κ3) is 2.76. The first-order valence-corrected chi connectivity index (χ1v) is 6.75. The minimum Gasteiger partial charge on any atom is -0.409 e. The predicted octanol–water partition coefficient (Wildman–Crippen LogP) is 0.845. The molecule has 4 N–H and O–H groups in total. The van der Waals surface area contributed by atoms with Gasteiger partial charge < -0.3 is 20.8 Å². The Morgan fingerprint density at radius 2 is 2.25 bits per heavy atom. The first-order chi connectivity index (χ1) is 9.47. The van der Waals surface area contributed by atoms with Crippen LogP contribution in [-0.2, 0) is 7.05 Å². The molecule has 0 atom stereocenters. The predicted molar refractivity (Wildman–Crippen MR) is 74.4 cm³/mol. The second kappa shape index (κ2) is 5.52. The molecule has 7 heteroatoms. The maximum absolute atomic E-state index is 12.3. The Hall–Kier alpha value is -2.05.